The zero-order valence-corrected chi connectivity index (χ0v) is 8.79. The fourth-order valence-electron chi connectivity index (χ4n) is 1.10. The van der Waals surface area contributed by atoms with Gasteiger partial charge in [0.05, 0.1) is 12.6 Å². The molecule has 1 atom stereocenters. The molecule has 0 saturated heterocycles. The van der Waals surface area contributed by atoms with Crippen LogP contribution in [0.4, 0.5) is 13.2 Å². The molecule has 1 aromatic rings. The van der Waals surface area contributed by atoms with Gasteiger partial charge in [-0.1, -0.05) is 6.07 Å². The lowest BCUT2D eigenvalue weighted by atomic mass is 10.1. The van der Waals surface area contributed by atoms with E-state index < -0.39 is 18.8 Å². The Kier molecular flexibility index (Phi) is 4.26. The van der Waals surface area contributed by atoms with Crippen LogP contribution in [0.2, 0.25) is 0 Å². The van der Waals surface area contributed by atoms with Gasteiger partial charge in [-0.05, 0) is 18.6 Å². The third kappa shape index (κ3) is 4.59. The number of halogens is 3. The van der Waals surface area contributed by atoms with Crippen LogP contribution in [0, 0.1) is 6.92 Å². The van der Waals surface area contributed by atoms with Crippen LogP contribution >= 0.6 is 0 Å². The quantitative estimate of drug-likeness (QED) is 0.866. The predicted molar refractivity (Wildman–Crippen MR) is 52.8 cm³/mol. The Hall–Kier alpha value is -1.14. The van der Waals surface area contributed by atoms with E-state index in [4.69, 9.17) is 5.73 Å². The Bertz CT molecular complexity index is 324. The van der Waals surface area contributed by atoms with Crippen LogP contribution in [0.15, 0.2) is 18.3 Å². The van der Waals surface area contributed by atoms with E-state index in [1.807, 2.05) is 6.92 Å². The molecule has 3 nitrogen and oxygen atoms in total. The third-order valence-corrected chi connectivity index (χ3v) is 1.93. The van der Waals surface area contributed by atoms with Crippen molar-refractivity contribution in [2.45, 2.75) is 19.1 Å². The van der Waals surface area contributed by atoms with Gasteiger partial charge in [-0.2, -0.15) is 13.2 Å². The summed E-state index contributed by atoms with van der Waals surface area (Å²) >= 11 is 0. The van der Waals surface area contributed by atoms with Crippen LogP contribution in [-0.4, -0.2) is 24.4 Å². The number of hydrogen-bond donors (Lipinski definition) is 1. The summed E-state index contributed by atoms with van der Waals surface area (Å²) in [5.41, 5.74) is 7.13. The molecule has 0 spiro atoms. The number of alkyl halides is 3. The van der Waals surface area contributed by atoms with Crippen molar-refractivity contribution in [2.24, 2.45) is 5.73 Å². The van der Waals surface area contributed by atoms with Gasteiger partial charge in [-0.3, -0.25) is 4.98 Å². The smallest absolute Gasteiger partial charge is 0.370 e. The number of ether oxygens (including phenoxy) is 1. The Morgan fingerprint density at radius 1 is 1.44 bits per heavy atom. The first-order valence-corrected chi connectivity index (χ1v) is 4.71. The first-order valence-electron chi connectivity index (χ1n) is 4.71. The minimum atomic E-state index is -4.31. The summed E-state index contributed by atoms with van der Waals surface area (Å²) < 4.78 is 39.8. The summed E-state index contributed by atoms with van der Waals surface area (Å²) in [6.45, 7) is 0.361. The van der Waals surface area contributed by atoms with Gasteiger partial charge in [0, 0.05) is 11.9 Å². The highest BCUT2D eigenvalue weighted by Crippen LogP contribution is 2.16. The number of nitrogens with two attached hydrogens (primary N) is 1. The van der Waals surface area contributed by atoms with Gasteiger partial charge in [0.2, 0.25) is 0 Å². The van der Waals surface area contributed by atoms with Crippen molar-refractivity contribution in [3.63, 3.8) is 0 Å². The van der Waals surface area contributed by atoms with E-state index in [9.17, 15) is 13.2 Å². The largest absolute Gasteiger partial charge is 0.411 e. The molecule has 90 valence electrons. The molecule has 0 amide bonds. The molecule has 1 unspecified atom stereocenters. The summed E-state index contributed by atoms with van der Waals surface area (Å²) in [7, 11) is 0. The molecule has 2 N–H and O–H groups in total. The minimum absolute atomic E-state index is 0.176. The van der Waals surface area contributed by atoms with E-state index in [1.165, 1.54) is 6.20 Å². The highest BCUT2D eigenvalue weighted by atomic mass is 19.4. The zero-order chi connectivity index (χ0) is 12.2. The maximum absolute atomic E-state index is 11.8. The average Bonchev–Trinajstić information content (AvgIpc) is 2.16. The molecule has 1 aromatic heterocycles. The van der Waals surface area contributed by atoms with E-state index in [-0.39, 0.29) is 6.61 Å². The summed E-state index contributed by atoms with van der Waals surface area (Å²) in [5.74, 6) is 0. The van der Waals surface area contributed by atoms with Gasteiger partial charge in [-0.15, -0.1) is 0 Å². The minimum Gasteiger partial charge on any atom is -0.370 e. The molecular weight excluding hydrogens is 221 g/mol. The summed E-state index contributed by atoms with van der Waals surface area (Å²) in [6.07, 6.45) is -2.78. The molecule has 0 aliphatic heterocycles. The number of aryl methyl sites for hydroxylation is 1. The van der Waals surface area contributed by atoms with Crippen LogP contribution in [-0.2, 0) is 4.74 Å². The van der Waals surface area contributed by atoms with E-state index in [0.717, 1.165) is 5.69 Å². The Morgan fingerprint density at radius 2 is 2.12 bits per heavy atom. The maximum Gasteiger partial charge on any atom is 0.411 e. The van der Waals surface area contributed by atoms with Crippen molar-refractivity contribution >= 4 is 0 Å². The van der Waals surface area contributed by atoms with Gasteiger partial charge in [0.1, 0.15) is 6.61 Å². The number of nitrogens with zero attached hydrogens (tertiary/aromatic N) is 1. The summed E-state index contributed by atoms with van der Waals surface area (Å²) in [4.78, 5) is 4.00. The van der Waals surface area contributed by atoms with Crippen LogP contribution < -0.4 is 5.73 Å². The first-order chi connectivity index (χ1) is 7.38. The lowest BCUT2D eigenvalue weighted by Gasteiger charge is -2.13. The standard InChI is InChI=1S/C10H13F3N2O/c1-7-2-3-8(4-15-7)9(14)5-16-6-10(11,12)13/h2-4,9H,5-6,14H2,1H3. The SMILES string of the molecule is Cc1ccc(C(N)COCC(F)(F)F)cn1. The summed E-state index contributed by atoms with van der Waals surface area (Å²) in [5, 5.41) is 0. The second kappa shape index (κ2) is 5.27. The first kappa shape index (κ1) is 12.9. The van der Waals surface area contributed by atoms with Crippen molar-refractivity contribution in [1.82, 2.24) is 4.98 Å². The van der Waals surface area contributed by atoms with E-state index in [2.05, 4.69) is 9.72 Å². The van der Waals surface area contributed by atoms with Crippen LogP contribution in [0.1, 0.15) is 17.3 Å². The van der Waals surface area contributed by atoms with Gasteiger partial charge in [0.25, 0.3) is 0 Å². The topological polar surface area (TPSA) is 48.1 Å². The normalized spacial score (nSPS) is 13.8. The highest BCUT2D eigenvalue weighted by Gasteiger charge is 2.27. The van der Waals surface area contributed by atoms with Gasteiger partial charge >= 0.3 is 6.18 Å². The molecule has 0 aliphatic rings. The molecule has 6 heteroatoms. The lowest BCUT2D eigenvalue weighted by Crippen LogP contribution is -2.23. The van der Waals surface area contributed by atoms with Gasteiger partial charge < -0.3 is 10.5 Å². The van der Waals surface area contributed by atoms with Crippen molar-refractivity contribution in [3.05, 3.63) is 29.6 Å². The van der Waals surface area contributed by atoms with Crippen molar-refractivity contribution < 1.29 is 17.9 Å². The number of rotatable bonds is 4. The predicted octanol–water partition coefficient (Wildman–Crippen LogP) is 1.97. The molecule has 0 radical (unpaired) electrons. The lowest BCUT2D eigenvalue weighted by molar-refractivity contribution is -0.174. The number of aromatic nitrogens is 1. The van der Waals surface area contributed by atoms with Gasteiger partial charge in [0.15, 0.2) is 0 Å². The summed E-state index contributed by atoms with van der Waals surface area (Å²) in [6, 6.07) is 2.89. The zero-order valence-electron chi connectivity index (χ0n) is 8.79. The molecule has 0 bridgehead atoms. The van der Waals surface area contributed by atoms with E-state index >= 15 is 0 Å². The highest BCUT2D eigenvalue weighted by molar-refractivity contribution is 5.16. The molecule has 16 heavy (non-hydrogen) atoms. The van der Waals surface area contributed by atoms with Crippen LogP contribution in [0.25, 0.3) is 0 Å². The molecular formula is C10H13F3N2O. The van der Waals surface area contributed by atoms with Gasteiger partial charge in [-0.25, -0.2) is 0 Å². The molecule has 0 aliphatic carbocycles. The Balaban J connectivity index is 2.41. The molecule has 0 aromatic carbocycles. The van der Waals surface area contributed by atoms with Crippen molar-refractivity contribution in [3.8, 4) is 0 Å². The molecule has 1 rings (SSSR count). The second-order valence-electron chi connectivity index (χ2n) is 3.47. The van der Waals surface area contributed by atoms with E-state index in [1.54, 1.807) is 12.1 Å². The molecule has 0 fully saturated rings. The Labute approximate surface area is 91.4 Å². The third-order valence-electron chi connectivity index (χ3n) is 1.93. The van der Waals surface area contributed by atoms with Crippen molar-refractivity contribution in [1.29, 1.82) is 0 Å². The average molecular weight is 234 g/mol. The van der Waals surface area contributed by atoms with Crippen molar-refractivity contribution in [2.75, 3.05) is 13.2 Å². The molecule has 1 heterocycles. The monoisotopic (exact) mass is 234 g/mol. The van der Waals surface area contributed by atoms with Crippen LogP contribution in [0.5, 0.6) is 0 Å². The van der Waals surface area contributed by atoms with E-state index in [0.29, 0.717) is 5.56 Å². The Morgan fingerprint density at radius 3 is 2.62 bits per heavy atom. The molecule has 0 saturated carbocycles. The number of pyridine rings is 1. The number of hydrogen-bond acceptors (Lipinski definition) is 3. The fraction of sp³-hybridized carbons (Fsp3) is 0.500. The fourth-order valence-corrected chi connectivity index (χ4v) is 1.10. The second-order valence-corrected chi connectivity index (χ2v) is 3.47. The van der Waals surface area contributed by atoms with Crippen LogP contribution in [0.3, 0.4) is 0 Å². The maximum atomic E-state index is 11.8.